The van der Waals surface area contributed by atoms with E-state index in [1.165, 1.54) is 0 Å². The van der Waals surface area contributed by atoms with E-state index < -0.39 is 42.0 Å². The fourth-order valence-corrected chi connectivity index (χ4v) is 1.43. The van der Waals surface area contributed by atoms with Gasteiger partial charge in [-0.25, -0.2) is 9.59 Å². The van der Waals surface area contributed by atoms with Crippen molar-refractivity contribution in [3.05, 3.63) is 18.0 Å². The number of rotatable bonds is 4. The predicted molar refractivity (Wildman–Crippen MR) is 68.0 cm³/mol. The molecule has 0 aliphatic carbocycles. The molecule has 0 aliphatic rings. The van der Waals surface area contributed by atoms with Crippen molar-refractivity contribution in [2.75, 3.05) is 0 Å². The highest BCUT2D eigenvalue weighted by molar-refractivity contribution is 5.79. The number of hydrogen-bond acceptors (Lipinski definition) is 4. The molecule has 1 unspecified atom stereocenters. The van der Waals surface area contributed by atoms with Gasteiger partial charge in [-0.2, -0.15) is 18.3 Å². The third-order valence-electron chi connectivity index (χ3n) is 2.32. The number of alkyl halides is 3. The zero-order chi connectivity index (χ0) is 17.1. The number of carboxylic acids is 1. The highest BCUT2D eigenvalue weighted by Crippen LogP contribution is 2.28. The smallest absolute Gasteiger partial charge is 0.419 e. The minimum Gasteiger partial charge on any atom is -0.480 e. The van der Waals surface area contributed by atoms with Gasteiger partial charge in [-0.1, -0.05) is 0 Å². The van der Waals surface area contributed by atoms with Crippen LogP contribution < -0.4 is 5.32 Å². The first-order valence-electron chi connectivity index (χ1n) is 6.20. The summed E-state index contributed by atoms with van der Waals surface area (Å²) in [5, 5.41) is 14.5. The maximum atomic E-state index is 12.4. The molecule has 0 radical (unpaired) electrons. The monoisotopic (exact) mass is 323 g/mol. The standard InChI is InChI=1S/C12H16F3N3O4/c1-11(2,3)22-10(21)17-8(9(19)20)6-18-5-7(4-16-18)12(13,14)15/h4-5,8H,6H2,1-3H3,(H,17,21)(H,19,20). The van der Waals surface area contributed by atoms with Crippen LogP contribution >= 0.6 is 0 Å². The topological polar surface area (TPSA) is 93.5 Å². The first kappa shape index (κ1) is 17.8. The molecule has 22 heavy (non-hydrogen) atoms. The molecule has 0 aliphatic heterocycles. The Morgan fingerprint density at radius 3 is 2.41 bits per heavy atom. The summed E-state index contributed by atoms with van der Waals surface area (Å²) >= 11 is 0. The van der Waals surface area contributed by atoms with Gasteiger partial charge in [0.25, 0.3) is 0 Å². The van der Waals surface area contributed by atoms with E-state index in [1.807, 2.05) is 0 Å². The molecule has 0 fully saturated rings. The first-order valence-corrected chi connectivity index (χ1v) is 6.20. The van der Waals surface area contributed by atoms with Crippen LogP contribution in [0.3, 0.4) is 0 Å². The maximum Gasteiger partial charge on any atom is 0.419 e. The largest absolute Gasteiger partial charge is 0.480 e. The van der Waals surface area contributed by atoms with Crippen LogP contribution in [0.5, 0.6) is 0 Å². The van der Waals surface area contributed by atoms with Crippen LogP contribution in [0.2, 0.25) is 0 Å². The molecule has 1 aromatic heterocycles. The molecule has 1 rings (SSSR count). The molecule has 1 heterocycles. The number of aromatic nitrogens is 2. The van der Waals surface area contributed by atoms with Gasteiger partial charge in [0.05, 0.1) is 18.3 Å². The SMILES string of the molecule is CC(C)(C)OC(=O)NC(Cn1cc(C(F)(F)F)cn1)C(=O)O. The van der Waals surface area contributed by atoms with Crippen molar-refractivity contribution in [2.24, 2.45) is 0 Å². The lowest BCUT2D eigenvalue weighted by Crippen LogP contribution is -2.45. The number of hydrogen-bond donors (Lipinski definition) is 2. The number of nitrogens with one attached hydrogen (secondary N) is 1. The molecular formula is C12H16F3N3O4. The van der Waals surface area contributed by atoms with Crippen LogP contribution in [0, 0.1) is 0 Å². The second-order valence-corrected chi connectivity index (χ2v) is 5.49. The molecule has 7 nitrogen and oxygen atoms in total. The number of nitrogens with zero attached hydrogens (tertiary/aromatic N) is 2. The van der Waals surface area contributed by atoms with Gasteiger partial charge in [-0.15, -0.1) is 0 Å². The Morgan fingerprint density at radius 2 is 2.00 bits per heavy atom. The number of aliphatic carboxylic acids is 1. The number of halogens is 3. The van der Waals surface area contributed by atoms with Gasteiger partial charge in [0, 0.05) is 6.20 Å². The highest BCUT2D eigenvalue weighted by atomic mass is 19.4. The Bertz CT molecular complexity index is 549. The molecule has 0 bridgehead atoms. The summed E-state index contributed by atoms with van der Waals surface area (Å²) in [5.74, 6) is -1.42. The van der Waals surface area contributed by atoms with E-state index in [1.54, 1.807) is 20.8 Å². The third-order valence-corrected chi connectivity index (χ3v) is 2.32. The van der Waals surface area contributed by atoms with E-state index in [4.69, 9.17) is 9.84 Å². The molecule has 0 spiro atoms. The van der Waals surface area contributed by atoms with Gasteiger partial charge in [0.15, 0.2) is 0 Å². The predicted octanol–water partition coefficient (Wildman–Crippen LogP) is 1.88. The van der Waals surface area contributed by atoms with Crippen LogP contribution in [0.25, 0.3) is 0 Å². The second kappa shape index (κ2) is 6.24. The van der Waals surface area contributed by atoms with Crippen molar-refractivity contribution in [2.45, 2.75) is 45.1 Å². The quantitative estimate of drug-likeness (QED) is 0.882. The fraction of sp³-hybridized carbons (Fsp3) is 0.583. The van der Waals surface area contributed by atoms with Gasteiger partial charge in [0.2, 0.25) is 0 Å². The summed E-state index contributed by atoms with van der Waals surface area (Å²) in [6.07, 6.45) is -4.32. The van der Waals surface area contributed by atoms with Crippen molar-refractivity contribution < 1.29 is 32.6 Å². The van der Waals surface area contributed by atoms with Gasteiger partial charge < -0.3 is 15.2 Å². The van der Waals surface area contributed by atoms with Gasteiger partial charge >= 0.3 is 18.2 Å². The zero-order valence-electron chi connectivity index (χ0n) is 12.1. The molecule has 1 aromatic rings. The lowest BCUT2D eigenvalue weighted by Gasteiger charge is -2.22. The summed E-state index contributed by atoms with van der Waals surface area (Å²) in [6, 6.07) is -1.48. The Morgan fingerprint density at radius 1 is 1.41 bits per heavy atom. The average Bonchev–Trinajstić information content (AvgIpc) is 2.73. The van der Waals surface area contributed by atoms with Crippen LogP contribution in [0.15, 0.2) is 12.4 Å². The number of carboxylic acid groups (broad SMARTS) is 1. The highest BCUT2D eigenvalue weighted by Gasteiger charge is 2.33. The fourth-order valence-electron chi connectivity index (χ4n) is 1.43. The summed E-state index contributed by atoms with van der Waals surface area (Å²) in [6.45, 7) is 4.30. The summed E-state index contributed by atoms with van der Waals surface area (Å²) < 4.78 is 43.0. The van der Waals surface area contributed by atoms with Crippen molar-refractivity contribution in [1.29, 1.82) is 0 Å². The molecule has 10 heteroatoms. The number of carbonyl (C=O) groups excluding carboxylic acids is 1. The Labute approximate surface area is 124 Å². The van der Waals surface area contributed by atoms with E-state index in [0.29, 0.717) is 12.4 Å². The summed E-state index contributed by atoms with van der Waals surface area (Å²) in [7, 11) is 0. The second-order valence-electron chi connectivity index (χ2n) is 5.49. The van der Waals surface area contributed by atoms with Crippen LogP contribution in [0.4, 0.5) is 18.0 Å². The third kappa shape index (κ3) is 5.62. The van der Waals surface area contributed by atoms with E-state index in [2.05, 4.69) is 10.4 Å². The number of ether oxygens (including phenoxy) is 1. The Kier molecular flexibility index (Phi) is 5.05. The van der Waals surface area contributed by atoms with Crippen molar-refractivity contribution in [3.8, 4) is 0 Å². The molecule has 124 valence electrons. The normalized spacial score (nSPS) is 13.5. The molecular weight excluding hydrogens is 307 g/mol. The Balaban J connectivity index is 2.75. The van der Waals surface area contributed by atoms with Gasteiger partial charge in [-0.05, 0) is 20.8 Å². The van der Waals surface area contributed by atoms with E-state index in [-0.39, 0.29) is 0 Å². The van der Waals surface area contributed by atoms with Gasteiger partial charge in [0.1, 0.15) is 11.6 Å². The molecule has 1 atom stereocenters. The summed E-state index contributed by atoms with van der Waals surface area (Å²) in [5.41, 5.74) is -1.84. The number of carbonyl (C=O) groups is 2. The molecule has 0 aromatic carbocycles. The van der Waals surface area contributed by atoms with Crippen LogP contribution in [-0.2, 0) is 22.3 Å². The minimum absolute atomic E-state index is 0.468. The lowest BCUT2D eigenvalue weighted by atomic mass is 10.2. The average molecular weight is 323 g/mol. The van der Waals surface area contributed by atoms with Crippen molar-refractivity contribution >= 4 is 12.1 Å². The van der Waals surface area contributed by atoms with E-state index in [0.717, 1.165) is 4.68 Å². The van der Waals surface area contributed by atoms with E-state index >= 15 is 0 Å². The first-order chi connectivity index (χ1) is 9.88. The maximum absolute atomic E-state index is 12.4. The molecule has 1 amide bonds. The number of alkyl carbamates (subject to hydrolysis) is 1. The minimum atomic E-state index is -4.57. The molecule has 0 saturated heterocycles. The number of amides is 1. The lowest BCUT2D eigenvalue weighted by molar-refractivity contribution is -0.140. The Hall–Kier alpha value is -2.26. The van der Waals surface area contributed by atoms with Crippen molar-refractivity contribution in [1.82, 2.24) is 15.1 Å². The van der Waals surface area contributed by atoms with Gasteiger partial charge in [-0.3, -0.25) is 4.68 Å². The molecule has 2 N–H and O–H groups in total. The van der Waals surface area contributed by atoms with Crippen LogP contribution in [-0.4, -0.2) is 38.6 Å². The van der Waals surface area contributed by atoms with E-state index in [9.17, 15) is 22.8 Å². The molecule has 0 saturated carbocycles. The summed E-state index contributed by atoms with van der Waals surface area (Å²) in [4.78, 5) is 22.6. The van der Waals surface area contributed by atoms with Crippen LogP contribution in [0.1, 0.15) is 26.3 Å². The van der Waals surface area contributed by atoms with Crippen molar-refractivity contribution in [3.63, 3.8) is 0 Å². The zero-order valence-corrected chi connectivity index (χ0v) is 12.1.